The zero-order chi connectivity index (χ0) is 38.8. The summed E-state index contributed by atoms with van der Waals surface area (Å²) in [5, 5.41) is 53.9. The number of carbonyl (C=O) groups is 1. The molecule has 1 aliphatic rings. The third kappa shape index (κ3) is 25.1. The minimum Gasteiger partial charge on any atom is -0.394 e. The van der Waals surface area contributed by atoms with Crippen LogP contribution in [0.5, 0.6) is 0 Å². The van der Waals surface area contributed by atoms with Crippen molar-refractivity contribution in [2.24, 2.45) is 0 Å². The Morgan fingerprint density at radius 2 is 1.19 bits per heavy atom. The molecule has 6 N–H and O–H groups in total. The van der Waals surface area contributed by atoms with Crippen molar-refractivity contribution in [2.45, 2.75) is 172 Å². The lowest BCUT2D eigenvalue weighted by atomic mass is 9.99. The van der Waals surface area contributed by atoms with E-state index in [-0.39, 0.29) is 12.5 Å². The number of carbonyl (C=O) groups excluding carboxylic acids is 1. The highest BCUT2D eigenvalue weighted by molar-refractivity contribution is 5.76. The number of aliphatic hydroxyl groups excluding tert-OH is 5. The van der Waals surface area contributed by atoms with Crippen LogP contribution in [-0.2, 0) is 14.3 Å². The van der Waals surface area contributed by atoms with Gasteiger partial charge in [0.2, 0.25) is 5.91 Å². The number of allylic oxidation sites excluding steroid dienone is 13. The summed E-state index contributed by atoms with van der Waals surface area (Å²) in [5.41, 5.74) is 0. The minimum atomic E-state index is -1.58. The lowest BCUT2D eigenvalue weighted by molar-refractivity contribution is -0.302. The van der Waals surface area contributed by atoms with E-state index in [0.29, 0.717) is 12.8 Å². The lowest BCUT2D eigenvalue weighted by Crippen LogP contribution is -2.60. The van der Waals surface area contributed by atoms with Gasteiger partial charge in [0.1, 0.15) is 24.4 Å². The maximum absolute atomic E-state index is 12.9. The van der Waals surface area contributed by atoms with Gasteiger partial charge in [-0.15, -0.1) is 0 Å². The van der Waals surface area contributed by atoms with Crippen LogP contribution in [0, 0.1) is 0 Å². The maximum atomic E-state index is 12.9. The fraction of sp³-hybridized carbons (Fsp3) is 0.659. The smallest absolute Gasteiger partial charge is 0.220 e. The van der Waals surface area contributed by atoms with Gasteiger partial charge in [0.05, 0.1) is 25.4 Å². The number of unbranched alkanes of at least 4 members (excludes halogenated alkanes) is 9. The summed E-state index contributed by atoms with van der Waals surface area (Å²) in [6.45, 7) is 3.55. The van der Waals surface area contributed by atoms with Crippen LogP contribution >= 0.6 is 0 Å². The van der Waals surface area contributed by atoms with Crippen LogP contribution in [0.2, 0.25) is 0 Å². The molecule has 1 fully saturated rings. The van der Waals surface area contributed by atoms with Crippen molar-refractivity contribution in [3.8, 4) is 0 Å². The minimum absolute atomic E-state index is 0.221. The van der Waals surface area contributed by atoms with Crippen molar-refractivity contribution in [2.75, 3.05) is 13.2 Å². The van der Waals surface area contributed by atoms with E-state index >= 15 is 0 Å². The van der Waals surface area contributed by atoms with Crippen LogP contribution in [0.1, 0.15) is 129 Å². The van der Waals surface area contributed by atoms with Crippen LogP contribution in [0.3, 0.4) is 0 Å². The Bertz CT molecular complexity index is 1090. The van der Waals surface area contributed by atoms with E-state index in [1.807, 2.05) is 6.08 Å². The molecule has 1 heterocycles. The number of amides is 1. The first kappa shape index (κ1) is 48.4. The average Bonchev–Trinajstić information content (AvgIpc) is 3.16. The number of hydrogen-bond donors (Lipinski definition) is 6. The highest BCUT2D eigenvalue weighted by atomic mass is 16.7. The summed E-state index contributed by atoms with van der Waals surface area (Å²) in [4.78, 5) is 12.9. The number of aliphatic hydroxyl groups is 5. The predicted octanol–water partition coefficient (Wildman–Crippen LogP) is 7.60. The number of hydrogen-bond acceptors (Lipinski definition) is 8. The van der Waals surface area contributed by atoms with E-state index in [1.54, 1.807) is 6.08 Å². The van der Waals surface area contributed by atoms with Crippen molar-refractivity contribution in [3.63, 3.8) is 0 Å². The predicted molar refractivity (Wildman–Crippen MR) is 216 cm³/mol. The summed E-state index contributed by atoms with van der Waals surface area (Å²) >= 11 is 0. The SMILES string of the molecule is CC/C=C\C/C=C\C/C=C\C/C=C\CCCCCCC(=O)NC(COC1OC(CO)C(O)C(O)C1O)C(O)/C=C/CC/C=C/CC/C=C/CCCCC. The quantitative estimate of drug-likeness (QED) is 0.0314. The van der Waals surface area contributed by atoms with E-state index < -0.39 is 49.5 Å². The molecule has 9 heteroatoms. The molecule has 9 nitrogen and oxygen atoms in total. The van der Waals surface area contributed by atoms with Crippen molar-refractivity contribution in [1.82, 2.24) is 5.32 Å². The van der Waals surface area contributed by atoms with Gasteiger partial charge in [-0.25, -0.2) is 0 Å². The Kier molecular flexibility index (Phi) is 31.0. The molecule has 1 saturated heterocycles. The van der Waals surface area contributed by atoms with Crippen LogP contribution in [0.25, 0.3) is 0 Å². The molecule has 0 aromatic heterocycles. The first-order chi connectivity index (χ1) is 25.8. The van der Waals surface area contributed by atoms with Gasteiger partial charge in [-0.1, -0.05) is 125 Å². The van der Waals surface area contributed by atoms with Crippen LogP contribution < -0.4 is 5.32 Å². The van der Waals surface area contributed by atoms with Crippen LogP contribution in [0.4, 0.5) is 0 Å². The third-order valence-electron chi connectivity index (χ3n) is 8.93. The summed E-state index contributed by atoms with van der Waals surface area (Å²) in [6, 6.07) is -0.844. The molecule has 0 spiro atoms. The molecule has 1 rings (SSSR count). The summed E-state index contributed by atoms with van der Waals surface area (Å²) in [7, 11) is 0. The Hall–Kier alpha value is -2.63. The Balaban J connectivity index is 2.49. The number of nitrogens with one attached hydrogen (secondary N) is 1. The molecule has 0 aromatic rings. The highest BCUT2D eigenvalue weighted by Crippen LogP contribution is 2.22. The molecular formula is C44H73NO8. The molecule has 7 atom stereocenters. The van der Waals surface area contributed by atoms with Gasteiger partial charge in [0.15, 0.2) is 6.29 Å². The summed E-state index contributed by atoms with van der Waals surface area (Å²) in [5.74, 6) is -0.221. The largest absolute Gasteiger partial charge is 0.394 e. The normalized spacial score (nSPS) is 22.6. The summed E-state index contributed by atoms with van der Waals surface area (Å²) < 4.78 is 11.1. The third-order valence-corrected chi connectivity index (χ3v) is 8.93. The first-order valence-corrected chi connectivity index (χ1v) is 20.3. The number of rotatable bonds is 31. The van der Waals surface area contributed by atoms with Crippen LogP contribution in [-0.4, -0.2) is 87.5 Å². The molecular weight excluding hydrogens is 670 g/mol. The second kappa shape index (κ2) is 33.9. The number of ether oxygens (including phenoxy) is 2. The van der Waals surface area contributed by atoms with Gasteiger partial charge in [-0.2, -0.15) is 0 Å². The van der Waals surface area contributed by atoms with Crippen molar-refractivity contribution >= 4 is 5.91 Å². The van der Waals surface area contributed by atoms with E-state index in [9.17, 15) is 30.3 Å². The average molecular weight is 744 g/mol. The Morgan fingerprint density at radius 1 is 0.660 bits per heavy atom. The molecule has 0 radical (unpaired) electrons. The van der Waals surface area contributed by atoms with Gasteiger partial charge in [0, 0.05) is 6.42 Å². The molecule has 1 amide bonds. The topological polar surface area (TPSA) is 149 Å². The van der Waals surface area contributed by atoms with Crippen molar-refractivity contribution in [1.29, 1.82) is 0 Å². The van der Waals surface area contributed by atoms with Gasteiger partial charge in [0.25, 0.3) is 0 Å². The van der Waals surface area contributed by atoms with E-state index in [4.69, 9.17) is 9.47 Å². The second-order valence-electron chi connectivity index (χ2n) is 13.7. The fourth-order valence-corrected chi connectivity index (χ4v) is 5.65. The highest BCUT2D eigenvalue weighted by Gasteiger charge is 2.44. The fourth-order valence-electron chi connectivity index (χ4n) is 5.65. The molecule has 7 unspecified atom stereocenters. The van der Waals surface area contributed by atoms with Crippen molar-refractivity contribution < 1.29 is 39.8 Å². The maximum Gasteiger partial charge on any atom is 0.220 e. The van der Waals surface area contributed by atoms with Crippen molar-refractivity contribution in [3.05, 3.63) is 85.1 Å². The molecule has 302 valence electrons. The van der Waals surface area contributed by atoms with Gasteiger partial charge in [-0.05, 0) is 83.5 Å². The molecule has 0 bridgehead atoms. The summed E-state index contributed by atoms with van der Waals surface area (Å²) in [6.07, 6.45) is 39.1. The second-order valence-corrected chi connectivity index (χ2v) is 13.7. The van der Waals surface area contributed by atoms with E-state index in [2.05, 4.69) is 92.1 Å². The standard InChI is InChI=1S/C44H73NO8/c1-3-5-7-9-11-13-15-17-18-19-20-22-24-26-28-30-32-34-40(48)45-37(36-52-44-43(51)42(50)41(49)39(35-46)53-44)38(47)33-31-29-27-25-23-21-16-14-12-10-8-6-4-2/h5,7,11-14,17-18,20,22-23,25,31,33,37-39,41-44,46-47,49-51H,3-4,6,8-10,15-16,19,21,24,26-30,32,34-36H2,1-2H3,(H,45,48)/b7-5-,13-11-,14-12+,18-17-,22-20-,25-23+,33-31+. The Morgan fingerprint density at radius 3 is 1.79 bits per heavy atom. The van der Waals surface area contributed by atoms with Gasteiger partial charge < -0.3 is 40.3 Å². The van der Waals surface area contributed by atoms with Gasteiger partial charge >= 0.3 is 0 Å². The molecule has 53 heavy (non-hydrogen) atoms. The Labute approximate surface area is 321 Å². The molecule has 0 aromatic carbocycles. The van der Waals surface area contributed by atoms with Crippen LogP contribution in [0.15, 0.2) is 85.1 Å². The van der Waals surface area contributed by atoms with E-state index in [1.165, 1.54) is 19.3 Å². The van der Waals surface area contributed by atoms with E-state index in [0.717, 1.165) is 83.5 Å². The lowest BCUT2D eigenvalue weighted by Gasteiger charge is -2.40. The molecule has 0 aliphatic carbocycles. The zero-order valence-corrected chi connectivity index (χ0v) is 32.7. The first-order valence-electron chi connectivity index (χ1n) is 20.3. The molecule has 0 saturated carbocycles. The zero-order valence-electron chi connectivity index (χ0n) is 32.7. The monoisotopic (exact) mass is 744 g/mol. The van der Waals surface area contributed by atoms with Gasteiger partial charge in [-0.3, -0.25) is 4.79 Å². The molecule has 1 aliphatic heterocycles.